The van der Waals surface area contributed by atoms with Crippen molar-refractivity contribution in [3.05, 3.63) is 71.8 Å². The molecule has 2 amide bonds. The molecule has 3 rings (SSSR count). The van der Waals surface area contributed by atoms with Crippen LogP contribution >= 0.6 is 0 Å². The Hall–Kier alpha value is -3.15. The number of amides is 2. The molecule has 0 saturated carbocycles. The van der Waals surface area contributed by atoms with Gasteiger partial charge in [-0.1, -0.05) is 60.7 Å². The van der Waals surface area contributed by atoms with Crippen LogP contribution in [0.4, 0.5) is 4.79 Å². The Labute approximate surface area is 183 Å². The summed E-state index contributed by atoms with van der Waals surface area (Å²) in [7, 11) is 0. The van der Waals surface area contributed by atoms with E-state index in [4.69, 9.17) is 9.47 Å². The third kappa shape index (κ3) is 6.41. The van der Waals surface area contributed by atoms with Crippen molar-refractivity contribution >= 4 is 18.0 Å². The number of rotatable bonds is 7. The smallest absolute Gasteiger partial charge is 0.416 e. The molecular formula is C25H29NO5. The first kappa shape index (κ1) is 22.5. The average Bonchev–Trinajstić information content (AvgIpc) is 3.07. The van der Waals surface area contributed by atoms with Gasteiger partial charge in [-0.15, -0.1) is 0 Å². The van der Waals surface area contributed by atoms with Crippen LogP contribution in [0.5, 0.6) is 0 Å². The van der Waals surface area contributed by atoms with Crippen molar-refractivity contribution in [3.63, 3.8) is 0 Å². The zero-order chi connectivity index (χ0) is 22.4. The predicted octanol–water partition coefficient (Wildman–Crippen LogP) is 4.17. The monoisotopic (exact) mass is 423 g/mol. The van der Waals surface area contributed by atoms with Crippen molar-refractivity contribution in [2.24, 2.45) is 5.92 Å². The van der Waals surface area contributed by atoms with Gasteiger partial charge in [0.05, 0.1) is 18.4 Å². The van der Waals surface area contributed by atoms with Crippen molar-refractivity contribution in [3.8, 4) is 0 Å². The largest absolute Gasteiger partial charge is 0.460 e. The number of ether oxygens (including phenoxy) is 2. The van der Waals surface area contributed by atoms with E-state index in [1.54, 1.807) is 20.8 Å². The lowest BCUT2D eigenvalue weighted by Gasteiger charge is -2.26. The molecule has 1 heterocycles. The van der Waals surface area contributed by atoms with Crippen LogP contribution in [0.1, 0.15) is 38.3 Å². The summed E-state index contributed by atoms with van der Waals surface area (Å²) < 4.78 is 10.6. The summed E-state index contributed by atoms with van der Waals surface area (Å²) in [6, 6.07) is 18.7. The van der Waals surface area contributed by atoms with E-state index in [2.05, 4.69) is 0 Å². The Kier molecular flexibility index (Phi) is 7.10. The highest BCUT2D eigenvalue weighted by Crippen LogP contribution is 2.24. The van der Waals surface area contributed by atoms with Crippen LogP contribution in [-0.4, -0.2) is 41.1 Å². The van der Waals surface area contributed by atoms with Gasteiger partial charge in [-0.2, -0.15) is 0 Å². The van der Waals surface area contributed by atoms with Gasteiger partial charge in [0, 0.05) is 0 Å². The van der Waals surface area contributed by atoms with Crippen molar-refractivity contribution in [1.29, 1.82) is 0 Å². The van der Waals surface area contributed by atoms with Crippen molar-refractivity contribution < 1.29 is 23.9 Å². The van der Waals surface area contributed by atoms with Gasteiger partial charge in [-0.25, -0.2) is 9.69 Å². The van der Waals surface area contributed by atoms with Gasteiger partial charge in [0.2, 0.25) is 5.91 Å². The molecule has 6 heteroatoms. The predicted molar refractivity (Wildman–Crippen MR) is 116 cm³/mol. The van der Waals surface area contributed by atoms with Crippen LogP contribution in [0.15, 0.2) is 60.7 Å². The Morgan fingerprint density at radius 3 is 2.19 bits per heavy atom. The molecule has 2 aromatic rings. The van der Waals surface area contributed by atoms with Crippen LogP contribution < -0.4 is 0 Å². The van der Waals surface area contributed by atoms with Crippen LogP contribution in [-0.2, 0) is 31.9 Å². The molecule has 6 nitrogen and oxygen atoms in total. The lowest BCUT2D eigenvalue weighted by atomic mass is 9.93. The Bertz CT molecular complexity index is 905. The highest BCUT2D eigenvalue weighted by molar-refractivity contribution is 5.96. The zero-order valence-electron chi connectivity index (χ0n) is 18.2. The fourth-order valence-corrected chi connectivity index (χ4v) is 3.69. The number of carbonyl (C=O) groups excluding carboxylic acids is 3. The maximum atomic E-state index is 13.5. The summed E-state index contributed by atoms with van der Waals surface area (Å²) in [6.45, 7) is 5.50. The quantitative estimate of drug-likeness (QED) is 0.625. The number of imide groups is 1. The number of cyclic esters (lactones) is 1. The first-order chi connectivity index (χ1) is 14.7. The zero-order valence-corrected chi connectivity index (χ0v) is 18.2. The van der Waals surface area contributed by atoms with E-state index < -0.39 is 35.5 Å². The minimum absolute atomic E-state index is 0.104. The molecule has 0 aromatic heterocycles. The second kappa shape index (κ2) is 9.77. The second-order valence-corrected chi connectivity index (χ2v) is 8.81. The first-order valence-corrected chi connectivity index (χ1v) is 10.5. The normalized spacial score (nSPS) is 17.2. The lowest BCUT2D eigenvalue weighted by Crippen LogP contribution is -2.45. The molecule has 0 aliphatic carbocycles. The second-order valence-electron chi connectivity index (χ2n) is 8.81. The van der Waals surface area contributed by atoms with Crippen LogP contribution in [0.3, 0.4) is 0 Å². The van der Waals surface area contributed by atoms with E-state index in [1.165, 1.54) is 4.90 Å². The van der Waals surface area contributed by atoms with Crippen LogP contribution in [0, 0.1) is 5.92 Å². The minimum atomic E-state index is -0.721. The minimum Gasteiger partial charge on any atom is -0.460 e. The molecule has 1 unspecified atom stereocenters. The summed E-state index contributed by atoms with van der Waals surface area (Å²) in [5, 5.41) is 0. The van der Waals surface area contributed by atoms with Crippen molar-refractivity contribution in [1.82, 2.24) is 4.90 Å². The molecule has 0 radical (unpaired) electrons. The molecular weight excluding hydrogens is 394 g/mol. The standard InChI is InChI=1S/C25H29NO5/c1-25(2,3)31-22(27)16-20(14-18-10-6-4-7-11-18)23(28)26-21(17-30-24(26)29)15-19-12-8-5-9-13-19/h4-13,20-21H,14-17H2,1-3H3/t20?,21-/m1/s1. The SMILES string of the molecule is CC(C)(C)OC(=O)CC(Cc1ccccc1)C(=O)N1C(=O)OC[C@H]1Cc1ccccc1. The maximum Gasteiger partial charge on any atom is 0.416 e. The van der Waals surface area contributed by atoms with Gasteiger partial charge < -0.3 is 9.47 Å². The highest BCUT2D eigenvalue weighted by atomic mass is 16.6. The number of benzene rings is 2. The number of esters is 1. The van der Waals surface area contributed by atoms with Crippen LogP contribution in [0.25, 0.3) is 0 Å². The lowest BCUT2D eigenvalue weighted by molar-refractivity contribution is -0.158. The third-order valence-electron chi connectivity index (χ3n) is 5.02. The summed E-state index contributed by atoms with van der Waals surface area (Å²) in [5.41, 5.74) is 1.27. The molecule has 164 valence electrons. The number of carbonyl (C=O) groups is 3. The van der Waals surface area contributed by atoms with Gasteiger partial charge in [0.1, 0.15) is 12.2 Å². The molecule has 1 aliphatic heterocycles. The van der Waals surface area contributed by atoms with Gasteiger partial charge in [0.15, 0.2) is 0 Å². The fraction of sp³-hybridized carbons (Fsp3) is 0.400. The number of nitrogens with zero attached hydrogens (tertiary/aromatic N) is 1. The Morgan fingerprint density at radius 2 is 1.61 bits per heavy atom. The summed E-state index contributed by atoms with van der Waals surface area (Å²) in [4.78, 5) is 39.6. The topological polar surface area (TPSA) is 72.9 Å². The summed E-state index contributed by atoms with van der Waals surface area (Å²) in [6.07, 6.45) is 0.0735. The molecule has 0 bridgehead atoms. The van der Waals surface area contributed by atoms with Crippen molar-refractivity contribution in [2.75, 3.05) is 6.61 Å². The molecule has 1 saturated heterocycles. The maximum absolute atomic E-state index is 13.5. The molecule has 0 N–H and O–H groups in total. The molecule has 2 aromatic carbocycles. The average molecular weight is 424 g/mol. The molecule has 2 atom stereocenters. The van der Waals surface area contributed by atoms with Gasteiger partial charge in [-0.3, -0.25) is 9.59 Å². The highest BCUT2D eigenvalue weighted by Gasteiger charge is 2.41. The van der Waals surface area contributed by atoms with Gasteiger partial charge in [0.25, 0.3) is 0 Å². The number of hydrogen-bond acceptors (Lipinski definition) is 5. The van der Waals surface area contributed by atoms with Gasteiger partial charge in [-0.05, 0) is 44.7 Å². The van der Waals surface area contributed by atoms with Gasteiger partial charge >= 0.3 is 12.1 Å². The molecule has 0 spiro atoms. The Morgan fingerprint density at radius 1 is 1.03 bits per heavy atom. The van der Waals surface area contributed by atoms with E-state index in [9.17, 15) is 14.4 Å². The van der Waals surface area contributed by atoms with E-state index in [-0.39, 0.29) is 13.0 Å². The van der Waals surface area contributed by atoms with Crippen LogP contribution in [0.2, 0.25) is 0 Å². The van der Waals surface area contributed by atoms with Crippen molar-refractivity contribution in [2.45, 2.75) is 51.7 Å². The summed E-state index contributed by atoms with van der Waals surface area (Å²) in [5.74, 6) is -1.59. The van der Waals surface area contributed by atoms with E-state index >= 15 is 0 Å². The first-order valence-electron chi connectivity index (χ1n) is 10.5. The third-order valence-corrected chi connectivity index (χ3v) is 5.02. The van der Waals surface area contributed by atoms with E-state index in [1.807, 2.05) is 60.7 Å². The van der Waals surface area contributed by atoms with E-state index in [0.717, 1.165) is 11.1 Å². The Balaban J connectivity index is 1.80. The molecule has 1 aliphatic rings. The fourth-order valence-electron chi connectivity index (χ4n) is 3.69. The summed E-state index contributed by atoms with van der Waals surface area (Å²) >= 11 is 0. The number of hydrogen-bond donors (Lipinski definition) is 0. The molecule has 31 heavy (non-hydrogen) atoms. The molecule has 1 fully saturated rings. The van der Waals surface area contributed by atoms with E-state index in [0.29, 0.717) is 12.8 Å².